The third-order valence-corrected chi connectivity index (χ3v) is 7.58. The molecule has 8 nitrogen and oxygen atoms in total. The van der Waals surface area contributed by atoms with Crippen molar-refractivity contribution >= 4 is 17.7 Å². The van der Waals surface area contributed by atoms with Crippen molar-refractivity contribution in [2.24, 2.45) is 11.8 Å². The molecule has 4 aliphatic rings. The summed E-state index contributed by atoms with van der Waals surface area (Å²) >= 11 is 0. The van der Waals surface area contributed by atoms with Crippen LogP contribution in [0.1, 0.15) is 57.8 Å². The number of nitrogens with one attached hydrogen (secondary N) is 2. The Hall–Kier alpha value is -2.14. The van der Waals surface area contributed by atoms with Gasteiger partial charge in [0.25, 0.3) is 0 Å². The van der Waals surface area contributed by atoms with E-state index >= 15 is 0 Å². The molecule has 0 aromatic carbocycles. The predicted molar refractivity (Wildman–Crippen MR) is 110 cm³/mol. The van der Waals surface area contributed by atoms with Gasteiger partial charge in [-0.15, -0.1) is 0 Å². The van der Waals surface area contributed by atoms with Gasteiger partial charge in [0.05, 0.1) is 6.07 Å². The molecule has 0 bridgehead atoms. The van der Waals surface area contributed by atoms with Crippen LogP contribution in [-0.4, -0.2) is 71.8 Å². The highest BCUT2D eigenvalue weighted by Crippen LogP contribution is 2.40. The summed E-state index contributed by atoms with van der Waals surface area (Å²) < 4.78 is 0. The second-order valence-electron chi connectivity index (χ2n) is 9.56. The molecule has 1 saturated carbocycles. The van der Waals surface area contributed by atoms with Crippen molar-refractivity contribution in [2.45, 2.75) is 75.4 Å². The van der Waals surface area contributed by atoms with Crippen molar-refractivity contribution in [2.75, 3.05) is 26.7 Å². The second-order valence-corrected chi connectivity index (χ2v) is 9.56. The summed E-state index contributed by atoms with van der Waals surface area (Å²) in [5, 5.41) is 15.2. The van der Waals surface area contributed by atoms with Crippen molar-refractivity contribution in [1.82, 2.24) is 20.4 Å². The van der Waals surface area contributed by atoms with Crippen LogP contribution in [0.5, 0.6) is 0 Å². The number of piperidine rings is 1. The monoisotopic (exact) mass is 415 g/mol. The Morgan fingerprint density at radius 2 is 2.03 bits per heavy atom. The van der Waals surface area contributed by atoms with Gasteiger partial charge in [0.1, 0.15) is 17.6 Å². The third-order valence-electron chi connectivity index (χ3n) is 7.58. The number of rotatable bonds is 7. The van der Waals surface area contributed by atoms with Crippen molar-refractivity contribution in [3.63, 3.8) is 0 Å². The lowest BCUT2D eigenvalue weighted by molar-refractivity contribution is -0.145. The molecule has 0 aromatic rings. The van der Waals surface area contributed by atoms with E-state index in [1.165, 1.54) is 0 Å². The number of amides is 3. The summed E-state index contributed by atoms with van der Waals surface area (Å²) in [4.78, 5) is 42.6. The quantitative estimate of drug-likeness (QED) is 0.639. The lowest BCUT2D eigenvalue weighted by atomic mass is 9.85. The van der Waals surface area contributed by atoms with E-state index in [1.807, 2.05) is 7.05 Å². The number of hydrogen-bond acceptors (Lipinski definition) is 5. The SMILES string of the molecule is CN1CCCC[C@]12CCN([C@@H](CC1CC1)C(=O)N[C@H](C#N)C[C@@H]1CCNC1=O)C2=O. The molecular formula is C22H33N5O3. The highest BCUT2D eigenvalue weighted by Gasteiger charge is 2.53. The Labute approximate surface area is 178 Å². The van der Waals surface area contributed by atoms with Crippen LogP contribution in [-0.2, 0) is 14.4 Å². The maximum absolute atomic E-state index is 13.5. The Morgan fingerprint density at radius 3 is 2.67 bits per heavy atom. The minimum atomic E-state index is -0.711. The molecular weight excluding hydrogens is 382 g/mol. The van der Waals surface area contributed by atoms with Gasteiger partial charge in [0.15, 0.2) is 0 Å². The van der Waals surface area contributed by atoms with Crippen LogP contribution in [0, 0.1) is 23.2 Å². The molecule has 0 aromatic heterocycles. The number of nitrogens with zero attached hydrogens (tertiary/aromatic N) is 3. The molecule has 3 heterocycles. The average Bonchev–Trinajstić information content (AvgIpc) is 3.39. The fourth-order valence-corrected chi connectivity index (χ4v) is 5.45. The first kappa shape index (κ1) is 21.1. The molecule has 0 radical (unpaired) electrons. The molecule has 3 saturated heterocycles. The molecule has 4 atom stereocenters. The van der Waals surface area contributed by atoms with Gasteiger partial charge in [0, 0.05) is 19.0 Å². The maximum Gasteiger partial charge on any atom is 0.243 e. The van der Waals surface area contributed by atoms with E-state index in [4.69, 9.17) is 0 Å². The average molecular weight is 416 g/mol. The van der Waals surface area contributed by atoms with E-state index in [-0.39, 0.29) is 23.6 Å². The van der Waals surface area contributed by atoms with E-state index < -0.39 is 17.6 Å². The zero-order valence-corrected chi connectivity index (χ0v) is 17.9. The second kappa shape index (κ2) is 8.54. The minimum Gasteiger partial charge on any atom is -0.356 e. The van der Waals surface area contributed by atoms with Crippen molar-refractivity contribution in [3.05, 3.63) is 0 Å². The van der Waals surface area contributed by atoms with Crippen LogP contribution in [0.25, 0.3) is 0 Å². The van der Waals surface area contributed by atoms with Gasteiger partial charge in [-0.3, -0.25) is 19.3 Å². The van der Waals surface area contributed by atoms with Crippen molar-refractivity contribution in [3.8, 4) is 6.07 Å². The first-order valence-corrected chi connectivity index (χ1v) is 11.4. The van der Waals surface area contributed by atoms with Crippen LogP contribution < -0.4 is 10.6 Å². The van der Waals surface area contributed by atoms with Gasteiger partial charge in [-0.2, -0.15) is 5.26 Å². The smallest absolute Gasteiger partial charge is 0.243 e. The Balaban J connectivity index is 1.45. The molecule has 1 aliphatic carbocycles. The molecule has 8 heteroatoms. The Kier molecular flexibility index (Phi) is 6.01. The predicted octanol–water partition coefficient (Wildman–Crippen LogP) is 0.776. The maximum atomic E-state index is 13.5. The number of carbonyl (C=O) groups is 3. The lowest BCUT2D eigenvalue weighted by Crippen LogP contribution is -2.58. The van der Waals surface area contributed by atoms with Crippen LogP contribution in [0.2, 0.25) is 0 Å². The van der Waals surface area contributed by atoms with Crippen LogP contribution in [0.15, 0.2) is 0 Å². The first-order chi connectivity index (χ1) is 14.4. The van der Waals surface area contributed by atoms with Gasteiger partial charge in [-0.05, 0) is 64.5 Å². The highest BCUT2D eigenvalue weighted by atomic mass is 16.2. The number of likely N-dealkylation sites (N-methyl/N-ethyl adjacent to an activating group) is 1. The summed E-state index contributed by atoms with van der Waals surface area (Å²) in [5.41, 5.74) is -0.461. The molecule has 164 valence electrons. The number of carbonyl (C=O) groups excluding carboxylic acids is 3. The Morgan fingerprint density at radius 1 is 1.23 bits per heavy atom. The van der Waals surface area contributed by atoms with Gasteiger partial charge in [-0.25, -0.2) is 0 Å². The molecule has 4 rings (SSSR count). The van der Waals surface area contributed by atoms with Crippen molar-refractivity contribution in [1.29, 1.82) is 5.26 Å². The normalized spacial score (nSPS) is 31.5. The molecule has 2 N–H and O–H groups in total. The highest BCUT2D eigenvalue weighted by molar-refractivity contribution is 5.94. The number of hydrogen-bond donors (Lipinski definition) is 2. The number of nitriles is 1. The standard InChI is InChI=1S/C22H33N5O3/c1-26-10-3-2-7-22(26)8-11-27(21(22)30)18(12-15-4-5-15)20(29)25-17(14-23)13-16-6-9-24-19(16)28/h15-18H,2-13H2,1H3,(H,24,28)(H,25,29)/t16-,17-,18-,22+/m0/s1. The Bertz CT molecular complexity index is 746. The fourth-order valence-electron chi connectivity index (χ4n) is 5.45. The summed E-state index contributed by atoms with van der Waals surface area (Å²) in [7, 11) is 2.02. The lowest BCUT2D eigenvalue weighted by Gasteiger charge is -2.41. The van der Waals surface area contributed by atoms with E-state index in [2.05, 4.69) is 21.6 Å². The molecule has 30 heavy (non-hydrogen) atoms. The topological polar surface area (TPSA) is 106 Å². The minimum absolute atomic E-state index is 0.0453. The first-order valence-electron chi connectivity index (χ1n) is 11.4. The van der Waals surface area contributed by atoms with Crippen molar-refractivity contribution < 1.29 is 14.4 Å². The molecule has 4 fully saturated rings. The summed E-state index contributed by atoms with van der Waals surface area (Å²) in [6, 6.07) is 0.915. The molecule has 0 unspecified atom stereocenters. The van der Waals surface area contributed by atoms with E-state index in [0.717, 1.165) is 45.1 Å². The van der Waals surface area contributed by atoms with Gasteiger partial charge < -0.3 is 15.5 Å². The summed E-state index contributed by atoms with van der Waals surface area (Å²) in [5.74, 6) is 0.0423. The summed E-state index contributed by atoms with van der Waals surface area (Å²) in [6.07, 6.45) is 7.65. The van der Waals surface area contributed by atoms with Gasteiger partial charge in [-0.1, -0.05) is 12.8 Å². The van der Waals surface area contributed by atoms with Crippen LogP contribution in [0.4, 0.5) is 0 Å². The summed E-state index contributed by atoms with van der Waals surface area (Å²) in [6.45, 7) is 2.13. The third kappa shape index (κ3) is 4.04. The van der Waals surface area contributed by atoms with Gasteiger partial charge in [0.2, 0.25) is 17.7 Å². The van der Waals surface area contributed by atoms with E-state index in [1.54, 1.807) is 4.90 Å². The zero-order chi connectivity index (χ0) is 21.3. The molecule has 3 amide bonds. The number of likely N-dealkylation sites (tertiary alicyclic amines) is 2. The van der Waals surface area contributed by atoms with E-state index in [9.17, 15) is 19.6 Å². The van der Waals surface area contributed by atoms with Crippen LogP contribution in [0.3, 0.4) is 0 Å². The van der Waals surface area contributed by atoms with E-state index in [0.29, 0.717) is 38.3 Å². The largest absolute Gasteiger partial charge is 0.356 e. The fraction of sp³-hybridized carbons (Fsp3) is 0.818. The molecule has 1 spiro atoms. The molecule has 3 aliphatic heterocycles. The van der Waals surface area contributed by atoms with Crippen LogP contribution >= 0.6 is 0 Å². The zero-order valence-electron chi connectivity index (χ0n) is 17.9. The van der Waals surface area contributed by atoms with Gasteiger partial charge >= 0.3 is 0 Å².